The minimum atomic E-state index is -0.753. The normalized spacial score (nSPS) is 23.1. The highest BCUT2D eigenvalue weighted by molar-refractivity contribution is 5.89. The van der Waals surface area contributed by atoms with E-state index in [1.807, 2.05) is 86.0 Å². The van der Waals surface area contributed by atoms with E-state index in [1.165, 1.54) is 14.2 Å². The average molecular weight is 1040 g/mol. The molecule has 4 amide bonds. The Bertz CT molecular complexity index is 3010. The molecular formula is C60H70F2N8O6. The van der Waals surface area contributed by atoms with Gasteiger partial charge < -0.3 is 39.9 Å². The number of nitrogens with zero attached hydrogens (tertiary/aromatic N) is 4. The number of H-pyrrole nitrogens is 2. The Balaban J connectivity index is 0.873. The monoisotopic (exact) mass is 1040 g/mol. The van der Waals surface area contributed by atoms with Gasteiger partial charge in [0.1, 0.15) is 35.4 Å². The molecule has 4 heterocycles. The first kappa shape index (κ1) is 51.3. The van der Waals surface area contributed by atoms with E-state index in [-0.39, 0.29) is 59.5 Å². The van der Waals surface area contributed by atoms with Crippen molar-refractivity contribution in [1.29, 1.82) is 0 Å². The van der Waals surface area contributed by atoms with Crippen LogP contribution in [0.4, 0.5) is 18.4 Å². The Morgan fingerprint density at radius 2 is 0.987 bits per heavy atom. The lowest BCUT2D eigenvalue weighted by molar-refractivity contribution is -0.139. The first-order chi connectivity index (χ1) is 36.7. The second-order valence-electron chi connectivity index (χ2n) is 22.8. The van der Waals surface area contributed by atoms with E-state index in [4.69, 9.17) is 19.4 Å². The molecule has 0 radical (unpaired) electrons. The van der Waals surface area contributed by atoms with Gasteiger partial charge in [-0.25, -0.2) is 28.3 Å². The lowest BCUT2D eigenvalue weighted by atomic mass is 9.84. The van der Waals surface area contributed by atoms with E-state index in [0.717, 1.165) is 109 Å². The van der Waals surface area contributed by atoms with Crippen molar-refractivity contribution in [2.75, 3.05) is 14.2 Å². The fraction of sp³-hybridized carbons (Fsp3) is 0.500. The van der Waals surface area contributed by atoms with Gasteiger partial charge in [0.05, 0.1) is 48.4 Å². The summed E-state index contributed by atoms with van der Waals surface area (Å²) in [4.78, 5) is 75.2. The van der Waals surface area contributed by atoms with Gasteiger partial charge in [0, 0.05) is 12.1 Å². The summed E-state index contributed by atoms with van der Waals surface area (Å²) in [6.45, 7) is 7.69. The molecule has 16 heteroatoms. The third kappa shape index (κ3) is 9.58. The third-order valence-corrected chi connectivity index (χ3v) is 17.6. The van der Waals surface area contributed by atoms with Crippen molar-refractivity contribution in [3.8, 4) is 22.3 Å². The number of aryl methyl sites for hydroxylation is 2. The summed E-state index contributed by atoms with van der Waals surface area (Å²) in [7, 11) is 2.60. The maximum atomic E-state index is 16.5. The molecule has 6 aromatic rings. The summed E-state index contributed by atoms with van der Waals surface area (Å²) in [6, 6.07) is 17.2. The zero-order valence-electron chi connectivity index (χ0n) is 44.4. The number of benzene rings is 4. The molecule has 4 fully saturated rings. The minimum Gasteiger partial charge on any atom is -0.453 e. The number of aromatic nitrogens is 4. The summed E-state index contributed by atoms with van der Waals surface area (Å²) < 4.78 is 42.9. The van der Waals surface area contributed by atoms with E-state index in [2.05, 4.69) is 20.6 Å². The molecule has 400 valence electrons. The van der Waals surface area contributed by atoms with Crippen LogP contribution in [-0.4, -0.2) is 92.1 Å². The Kier molecular flexibility index (Phi) is 14.1. The van der Waals surface area contributed by atoms with Crippen molar-refractivity contribution in [1.82, 2.24) is 40.4 Å². The van der Waals surface area contributed by atoms with Gasteiger partial charge in [0.15, 0.2) is 0 Å². The van der Waals surface area contributed by atoms with E-state index in [9.17, 15) is 19.2 Å². The van der Waals surface area contributed by atoms with Crippen molar-refractivity contribution in [3.05, 3.63) is 106 Å². The van der Waals surface area contributed by atoms with Gasteiger partial charge in [-0.05, 0) is 169 Å². The predicted molar refractivity (Wildman–Crippen MR) is 286 cm³/mol. The number of hydrogen-bond donors (Lipinski definition) is 4. The van der Waals surface area contributed by atoms with Crippen molar-refractivity contribution in [2.24, 2.45) is 23.7 Å². The van der Waals surface area contributed by atoms with Crippen LogP contribution >= 0.6 is 0 Å². The van der Waals surface area contributed by atoms with E-state index in [0.29, 0.717) is 71.3 Å². The molecule has 4 aromatic carbocycles. The van der Waals surface area contributed by atoms with Crippen molar-refractivity contribution in [3.63, 3.8) is 0 Å². The van der Waals surface area contributed by atoms with Crippen molar-refractivity contribution >= 4 is 46.1 Å². The number of carbonyl (C=O) groups is 4. The van der Waals surface area contributed by atoms with Gasteiger partial charge in [-0.15, -0.1) is 0 Å². The molecule has 0 spiro atoms. The SMILES string of the molecule is COC(=O)N[C@H](C(=O)N1[C@H](c2nc3cc(-c4cc5cc(F)c4CCc4cc(F)c(c(-c6ccc7[nH]c([C@@H]8C[C@@H]9CCCC[C@@H]9N8C(=O)[C@@H](NC(=O)OC)C(C)C)nc7c6)c4)CC5)ccc3[nH]2)C[C@@H]2CCCC[C@@H]21)C(C)C. The van der Waals surface area contributed by atoms with Gasteiger partial charge >= 0.3 is 12.2 Å². The van der Waals surface area contributed by atoms with Gasteiger partial charge in [-0.1, -0.05) is 77.6 Å². The number of nitrogens with one attached hydrogen (secondary N) is 4. The van der Waals surface area contributed by atoms with E-state index < -0.39 is 24.3 Å². The zero-order valence-corrected chi connectivity index (χ0v) is 44.4. The van der Waals surface area contributed by atoms with E-state index in [1.54, 1.807) is 12.1 Å². The fourth-order valence-corrected chi connectivity index (χ4v) is 13.7. The molecule has 8 atom stereocenters. The zero-order chi connectivity index (χ0) is 53.1. The molecule has 8 aliphatic rings. The van der Waals surface area contributed by atoms with Crippen LogP contribution in [0.5, 0.6) is 0 Å². The summed E-state index contributed by atoms with van der Waals surface area (Å²) in [5.41, 5.74) is 8.83. The smallest absolute Gasteiger partial charge is 0.407 e. The van der Waals surface area contributed by atoms with Crippen molar-refractivity contribution in [2.45, 2.75) is 154 Å². The topological polar surface area (TPSA) is 175 Å². The number of amides is 4. The predicted octanol–water partition coefficient (Wildman–Crippen LogP) is 11.4. The Morgan fingerprint density at radius 1 is 0.579 bits per heavy atom. The number of carbonyl (C=O) groups excluding carboxylic acids is 4. The molecule has 2 saturated carbocycles. The maximum absolute atomic E-state index is 16.5. The summed E-state index contributed by atoms with van der Waals surface area (Å²) >= 11 is 0. The van der Waals surface area contributed by atoms with Gasteiger partial charge in [0.25, 0.3) is 0 Å². The lowest BCUT2D eigenvalue weighted by Gasteiger charge is -2.36. The van der Waals surface area contributed by atoms with Gasteiger partial charge in [-0.3, -0.25) is 9.59 Å². The van der Waals surface area contributed by atoms with Crippen LogP contribution in [0.15, 0.2) is 60.7 Å². The van der Waals surface area contributed by atoms with Crippen LogP contribution in [0.25, 0.3) is 44.3 Å². The molecule has 4 N–H and O–H groups in total. The highest BCUT2D eigenvalue weighted by Crippen LogP contribution is 2.48. The number of hydrogen-bond acceptors (Lipinski definition) is 8. The number of methoxy groups -OCH3 is 2. The molecule has 14 rings (SSSR count). The molecular weight excluding hydrogens is 967 g/mol. The molecule has 2 aliphatic heterocycles. The highest BCUT2D eigenvalue weighted by Gasteiger charge is 2.50. The maximum Gasteiger partial charge on any atom is 0.407 e. The molecule has 76 heavy (non-hydrogen) atoms. The second kappa shape index (κ2) is 20.9. The molecule has 4 bridgehead atoms. The fourth-order valence-electron chi connectivity index (χ4n) is 13.7. The molecule has 6 aliphatic carbocycles. The molecule has 14 nitrogen and oxygen atoms in total. The standard InChI is InChI=1S/C60H70F2N8O6/c1-31(2)53(67-59(73)75-5)57(71)69-49-13-9-7-11-37(49)29-51(69)55-63-45-21-17-35(27-47(45)65-55)41-23-33-16-20-40-42(24-34(26-44(40)62)15-19-39(41)43(61)25-33)36-18-22-46-48(28-36)66-56(64-46)52-30-38-12-8-10-14-50(38)70(52)58(72)54(32(3)4)68-60(74)76-6/h17-18,21-28,31-32,37-38,49-54H,7-16,19-20,29-30H2,1-6H3,(H,63,65)(H,64,66)(H,67,73)(H,68,74)/t37-,38-,49-,50-,51-,52-,53-,54-/m0/s1. The molecule has 2 saturated heterocycles. The van der Waals surface area contributed by atoms with Crippen LogP contribution < -0.4 is 10.6 Å². The van der Waals surface area contributed by atoms with Crippen LogP contribution in [0.1, 0.15) is 138 Å². The van der Waals surface area contributed by atoms with Gasteiger partial charge in [-0.2, -0.15) is 0 Å². The number of ether oxygens (including phenoxy) is 2. The number of fused-ring (bicyclic) bond motifs is 4. The Morgan fingerprint density at radius 3 is 1.38 bits per heavy atom. The highest BCUT2D eigenvalue weighted by atomic mass is 19.1. The first-order valence-corrected chi connectivity index (χ1v) is 27.6. The van der Waals surface area contributed by atoms with Crippen molar-refractivity contribution < 1.29 is 37.4 Å². The summed E-state index contributed by atoms with van der Waals surface area (Å²) in [5, 5.41) is 5.60. The van der Waals surface area contributed by atoms with Gasteiger partial charge in [0.2, 0.25) is 11.8 Å². The number of halogens is 2. The molecule has 2 aromatic heterocycles. The second-order valence-corrected chi connectivity index (χ2v) is 22.8. The van der Waals surface area contributed by atoms with Crippen LogP contribution in [0.2, 0.25) is 0 Å². The van der Waals surface area contributed by atoms with Crippen LogP contribution in [0, 0.1) is 35.3 Å². The number of rotatable bonds is 10. The molecule has 0 unspecified atom stereocenters. The van der Waals surface area contributed by atoms with E-state index >= 15 is 8.78 Å². The Hall–Kier alpha value is -6.84. The summed E-state index contributed by atoms with van der Waals surface area (Å²) in [6.07, 6.45) is 9.86. The lowest BCUT2D eigenvalue weighted by Crippen LogP contribution is -2.53. The number of likely N-dealkylation sites (tertiary alicyclic amines) is 2. The van der Waals surface area contributed by atoms with Crippen LogP contribution in [0.3, 0.4) is 0 Å². The number of alkyl carbamates (subject to hydrolysis) is 2. The average Bonchev–Trinajstić information content (AvgIpc) is 4.27. The minimum absolute atomic E-state index is 0.0468. The Labute approximate surface area is 442 Å². The number of aromatic amines is 2. The van der Waals surface area contributed by atoms with Crippen LogP contribution in [-0.2, 0) is 44.7 Å². The third-order valence-electron chi connectivity index (χ3n) is 17.6. The largest absolute Gasteiger partial charge is 0.453 e. The quantitative estimate of drug-likeness (QED) is 0.105. The summed E-state index contributed by atoms with van der Waals surface area (Å²) in [5.74, 6) is 0.862. The number of imidazole rings is 2. The first-order valence-electron chi connectivity index (χ1n) is 27.6.